The van der Waals surface area contributed by atoms with E-state index in [1.165, 1.54) is 101 Å². The van der Waals surface area contributed by atoms with Crippen LogP contribution in [0.4, 0.5) is 4.79 Å². The van der Waals surface area contributed by atoms with Crippen molar-refractivity contribution in [2.24, 2.45) is 5.73 Å². The molecule has 0 aromatic heterocycles. The van der Waals surface area contributed by atoms with E-state index in [9.17, 15) is 29.7 Å². The topological polar surface area (TPSA) is 163 Å². The van der Waals surface area contributed by atoms with Crippen LogP contribution >= 0.6 is 0 Å². The van der Waals surface area contributed by atoms with Gasteiger partial charge in [0.05, 0.1) is 13.2 Å². The summed E-state index contributed by atoms with van der Waals surface area (Å²) in [5, 5.41) is 32.6. The highest BCUT2D eigenvalue weighted by molar-refractivity contribution is 5.93. The Morgan fingerprint density at radius 2 is 1.15 bits per heavy atom. The van der Waals surface area contributed by atoms with Crippen molar-refractivity contribution in [1.29, 1.82) is 0 Å². The van der Waals surface area contributed by atoms with Gasteiger partial charge in [-0.3, -0.25) is 9.59 Å². The van der Waals surface area contributed by atoms with Gasteiger partial charge in [0.25, 0.3) is 0 Å². The minimum absolute atomic E-state index is 0.148. The van der Waals surface area contributed by atoms with Gasteiger partial charge in [0, 0.05) is 13.0 Å². The Kier molecular flexibility index (Phi) is 27.0. The number of imide groups is 1. The molecule has 3 amide bonds. The monoisotopic (exact) mass is 776 g/mol. The first-order chi connectivity index (χ1) is 26.8. The van der Waals surface area contributed by atoms with Gasteiger partial charge in [-0.05, 0) is 18.4 Å². The van der Waals surface area contributed by atoms with E-state index < -0.39 is 55.7 Å². The molecule has 1 aliphatic rings. The number of hydrogen-bond acceptors (Lipinski definition) is 9. The Morgan fingerprint density at radius 1 is 0.673 bits per heavy atom. The first-order valence-corrected chi connectivity index (χ1v) is 21.9. The molecule has 0 aliphatic carbocycles. The van der Waals surface area contributed by atoms with Crippen LogP contribution in [0.1, 0.15) is 174 Å². The minimum Gasteiger partial charge on any atom is -0.444 e. The highest BCUT2D eigenvalue weighted by atomic mass is 16.6. The van der Waals surface area contributed by atoms with Gasteiger partial charge in [-0.25, -0.2) is 9.69 Å². The minimum atomic E-state index is -1.74. The Bertz CT molecular complexity index is 1140. The van der Waals surface area contributed by atoms with E-state index in [1.807, 2.05) is 6.07 Å². The van der Waals surface area contributed by atoms with Crippen molar-refractivity contribution in [3.8, 4) is 0 Å². The van der Waals surface area contributed by atoms with Crippen molar-refractivity contribution in [3.05, 3.63) is 35.9 Å². The maximum atomic E-state index is 14.1. The third-order valence-electron chi connectivity index (χ3n) is 10.9. The molecule has 0 bridgehead atoms. The Balaban J connectivity index is 2.15. The van der Waals surface area contributed by atoms with Crippen molar-refractivity contribution < 1.29 is 39.2 Å². The lowest BCUT2D eigenvalue weighted by Gasteiger charge is -2.49. The fourth-order valence-electron chi connectivity index (χ4n) is 7.50. The number of carbonyl (C=O) groups excluding carboxylic acids is 3. The summed E-state index contributed by atoms with van der Waals surface area (Å²) in [4.78, 5) is 43.3. The number of ether oxygens (including phenoxy) is 2. The zero-order valence-electron chi connectivity index (χ0n) is 34.4. The third kappa shape index (κ3) is 19.0. The molecule has 1 fully saturated rings. The van der Waals surface area contributed by atoms with Gasteiger partial charge in [0.2, 0.25) is 11.8 Å². The number of amides is 3. The number of aliphatic hydroxyl groups excluding tert-OH is 3. The number of carbonyl (C=O) groups is 3. The molecule has 1 saturated heterocycles. The number of nitrogens with two attached hydrogens (primary N) is 1. The van der Waals surface area contributed by atoms with Crippen molar-refractivity contribution in [3.63, 3.8) is 0 Å². The van der Waals surface area contributed by atoms with E-state index in [-0.39, 0.29) is 25.5 Å². The molecule has 1 heterocycles. The molecule has 1 aromatic carbocycles. The molecule has 55 heavy (non-hydrogen) atoms. The van der Waals surface area contributed by atoms with Gasteiger partial charge in [0.1, 0.15) is 31.0 Å². The van der Waals surface area contributed by atoms with Crippen LogP contribution in [-0.4, -0.2) is 93.3 Å². The molecule has 1 aromatic rings. The molecule has 1 aliphatic heterocycles. The Morgan fingerprint density at radius 3 is 1.62 bits per heavy atom. The Labute approximate surface area is 332 Å². The van der Waals surface area contributed by atoms with Crippen molar-refractivity contribution in [2.75, 3.05) is 19.7 Å². The number of rotatable bonds is 31. The lowest BCUT2D eigenvalue weighted by Crippen LogP contribution is -2.70. The van der Waals surface area contributed by atoms with E-state index in [2.05, 4.69) is 13.8 Å². The molecule has 5 atom stereocenters. The predicted molar refractivity (Wildman–Crippen MR) is 218 cm³/mol. The molecule has 0 radical (unpaired) electrons. The summed E-state index contributed by atoms with van der Waals surface area (Å²) in [7, 11) is 0. The molecular formula is C44H77N3O8. The van der Waals surface area contributed by atoms with Gasteiger partial charge >= 0.3 is 6.09 Å². The predicted octanol–water partition coefficient (Wildman–Crippen LogP) is 8.15. The van der Waals surface area contributed by atoms with Crippen molar-refractivity contribution in [1.82, 2.24) is 9.80 Å². The number of aliphatic hydroxyl groups is 3. The van der Waals surface area contributed by atoms with E-state index in [4.69, 9.17) is 15.2 Å². The van der Waals surface area contributed by atoms with E-state index in [1.54, 1.807) is 24.3 Å². The molecule has 11 nitrogen and oxygen atoms in total. The van der Waals surface area contributed by atoms with E-state index >= 15 is 0 Å². The zero-order chi connectivity index (χ0) is 40.1. The van der Waals surface area contributed by atoms with Crippen LogP contribution < -0.4 is 5.73 Å². The first-order valence-electron chi connectivity index (χ1n) is 21.9. The average molecular weight is 776 g/mol. The van der Waals surface area contributed by atoms with Gasteiger partial charge in [-0.1, -0.05) is 179 Å². The number of hydrogen-bond donors (Lipinski definition) is 4. The quantitative estimate of drug-likeness (QED) is 0.0546. The van der Waals surface area contributed by atoms with Crippen LogP contribution in [-0.2, 0) is 25.7 Å². The lowest BCUT2D eigenvalue weighted by molar-refractivity contribution is -0.244. The fourth-order valence-corrected chi connectivity index (χ4v) is 7.50. The summed E-state index contributed by atoms with van der Waals surface area (Å²) in [5.41, 5.74) is 6.46. The fraction of sp³-hybridized carbons (Fsp3) is 0.795. The summed E-state index contributed by atoms with van der Waals surface area (Å²) in [6.45, 7) is 3.36. The normalized spacial score (nSPS) is 19.6. The number of benzene rings is 1. The van der Waals surface area contributed by atoms with Crippen LogP contribution in [0.25, 0.3) is 0 Å². The zero-order valence-corrected chi connectivity index (χ0v) is 34.4. The molecule has 0 spiro atoms. The van der Waals surface area contributed by atoms with E-state index in [0.29, 0.717) is 23.3 Å². The van der Waals surface area contributed by atoms with Crippen molar-refractivity contribution >= 4 is 17.9 Å². The average Bonchev–Trinajstić information content (AvgIpc) is 3.20. The second-order valence-corrected chi connectivity index (χ2v) is 15.5. The van der Waals surface area contributed by atoms with Crippen LogP contribution in [0.15, 0.2) is 30.3 Å². The second kappa shape index (κ2) is 30.6. The molecule has 11 heteroatoms. The maximum Gasteiger partial charge on any atom is 0.417 e. The summed E-state index contributed by atoms with van der Waals surface area (Å²) >= 11 is 0. The summed E-state index contributed by atoms with van der Waals surface area (Å²) < 4.78 is 11.7. The summed E-state index contributed by atoms with van der Waals surface area (Å²) in [5.74, 6) is -1.08. The molecule has 0 saturated carbocycles. The lowest BCUT2D eigenvalue weighted by atomic mass is 9.93. The molecular weight excluding hydrogens is 698 g/mol. The maximum absolute atomic E-state index is 14.1. The number of unbranched alkanes of at least 4 members (excludes halogenated alkanes) is 21. The molecule has 2 rings (SSSR count). The highest BCUT2D eigenvalue weighted by Gasteiger charge is 2.53. The van der Waals surface area contributed by atoms with Gasteiger partial charge in [0.15, 0.2) is 6.23 Å². The van der Waals surface area contributed by atoms with Gasteiger partial charge in [-0.2, -0.15) is 0 Å². The smallest absolute Gasteiger partial charge is 0.417 e. The molecule has 316 valence electrons. The highest BCUT2D eigenvalue weighted by Crippen LogP contribution is 2.30. The first kappa shape index (κ1) is 48.6. The van der Waals surface area contributed by atoms with Crippen molar-refractivity contribution in [2.45, 2.75) is 205 Å². The molecule has 5 N–H and O–H groups in total. The standard InChI is InChI=1S/C44H77N3O8/c1-3-5-7-9-11-13-15-17-19-21-23-28-32-46(38(49)31-27-22-20-18-16-14-12-10-8-6-4-2)43-40(42(52)41(51)37(34-48)55-43)47(39(50)33-45)44(53)54-35-36-29-25-24-26-30-36/h24-26,29-30,37,40-43,48,51-52H,3-23,27-28,31-35,45H2,1-2H3/t37-,40-,41-,42-,43-/m1/s1. The summed E-state index contributed by atoms with van der Waals surface area (Å²) in [6.07, 6.45) is 19.6. The second-order valence-electron chi connectivity index (χ2n) is 15.5. The van der Waals surface area contributed by atoms with Crippen LogP contribution in [0, 0.1) is 0 Å². The molecule has 0 unspecified atom stereocenters. The van der Waals surface area contributed by atoms with Crippen LogP contribution in [0.2, 0.25) is 0 Å². The largest absolute Gasteiger partial charge is 0.444 e. The van der Waals surface area contributed by atoms with Crippen LogP contribution in [0.5, 0.6) is 0 Å². The van der Waals surface area contributed by atoms with E-state index in [0.717, 1.165) is 38.5 Å². The SMILES string of the molecule is CCCCCCCCCCCCCCN(C(=O)CCCCCCCCCCCCC)[C@@H]1O[C@H](CO)[C@@H](O)[C@H](O)[C@H]1N(C(=O)CN)C(=O)OCc1ccccc1. The van der Waals surface area contributed by atoms with Crippen LogP contribution in [0.3, 0.4) is 0 Å². The third-order valence-corrected chi connectivity index (χ3v) is 10.9. The number of nitrogens with zero attached hydrogens (tertiary/aromatic N) is 2. The van der Waals surface area contributed by atoms with Gasteiger partial charge < -0.3 is 35.4 Å². The Hall–Kier alpha value is -2.57. The van der Waals surface area contributed by atoms with Gasteiger partial charge in [-0.15, -0.1) is 0 Å². The summed E-state index contributed by atoms with van der Waals surface area (Å²) in [6, 6.07) is 7.43.